The number of amides is 1. The molecule has 0 aliphatic rings. The number of nitrogens with zero attached hydrogens (tertiary/aromatic N) is 3. The highest BCUT2D eigenvalue weighted by Crippen LogP contribution is 2.26. The molecule has 1 amide bonds. The fourth-order valence-corrected chi connectivity index (χ4v) is 3.92. The van der Waals surface area contributed by atoms with Crippen LogP contribution >= 0.6 is 23.4 Å². The van der Waals surface area contributed by atoms with Crippen LogP contribution in [0.5, 0.6) is 11.5 Å². The van der Waals surface area contributed by atoms with Gasteiger partial charge in [-0.1, -0.05) is 36.4 Å². The number of halogens is 1. The van der Waals surface area contributed by atoms with Crippen molar-refractivity contribution in [3.8, 4) is 17.2 Å². The fraction of sp³-hybridized carbons (Fsp3) is 0.375. The van der Waals surface area contributed by atoms with Crippen LogP contribution in [-0.4, -0.2) is 39.1 Å². The van der Waals surface area contributed by atoms with Crippen LogP contribution in [0.3, 0.4) is 0 Å². The van der Waals surface area contributed by atoms with Gasteiger partial charge in [0.05, 0.1) is 18.0 Å². The second-order valence-electron chi connectivity index (χ2n) is 7.53. The number of hydrogen-bond donors (Lipinski definition) is 1. The van der Waals surface area contributed by atoms with Gasteiger partial charge >= 0.3 is 0 Å². The second-order valence-corrected chi connectivity index (χ2v) is 8.88. The zero-order valence-corrected chi connectivity index (χ0v) is 20.9. The van der Waals surface area contributed by atoms with Gasteiger partial charge in [0.25, 0.3) is 0 Å². The summed E-state index contributed by atoms with van der Waals surface area (Å²) in [6.45, 7) is 8.72. The van der Waals surface area contributed by atoms with Crippen molar-refractivity contribution in [2.75, 3.05) is 12.4 Å². The standard InChI is InChI=1S/C24H29ClN4O3S/c1-5-17(4)26-23(30)15-33-24-28-27-22(29(24)18-8-7-16(3)21(25)13-18)14-32-20-11-9-19(10-12-20)31-6-2/h7-13,17H,5-6,14-15H2,1-4H3,(H,26,30). The number of aromatic nitrogens is 3. The summed E-state index contributed by atoms with van der Waals surface area (Å²) in [7, 11) is 0. The first-order valence-electron chi connectivity index (χ1n) is 10.9. The molecule has 7 nitrogen and oxygen atoms in total. The Morgan fingerprint density at radius 3 is 2.45 bits per heavy atom. The van der Waals surface area contributed by atoms with Crippen molar-refractivity contribution in [1.29, 1.82) is 0 Å². The lowest BCUT2D eigenvalue weighted by molar-refractivity contribution is -0.119. The first-order chi connectivity index (χ1) is 15.9. The predicted molar refractivity (Wildman–Crippen MR) is 132 cm³/mol. The smallest absolute Gasteiger partial charge is 0.230 e. The first-order valence-corrected chi connectivity index (χ1v) is 12.3. The van der Waals surface area contributed by atoms with E-state index in [2.05, 4.69) is 15.5 Å². The number of nitrogens with one attached hydrogen (secondary N) is 1. The molecule has 0 fully saturated rings. The number of thioether (sulfide) groups is 1. The summed E-state index contributed by atoms with van der Waals surface area (Å²) in [5.74, 6) is 2.28. The summed E-state index contributed by atoms with van der Waals surface area (Å²) >= 11 is 7.71. The molecule has 1 unspecified atom stereocenters. The zero-order valence-electron chi connectivity index (χ0n) is 19.3. The molecule has 0 spiro atoms. The van der Waals surface area contributed by atoms with Crippen molar-refractivity contribution in [3.63, 3.8) is 0 Å². The number of hydrogen-bond acceptors (Lipinski definition) is 6. The minimum absolute atomic E-state index is 0.0435. The molecule has 0 aliphatic heterocycles. The highest BCUT2D eigenvalue weighted by Gasteiger charge is 2.18. The molecule has 0 radical (unpaired) electrons. The van der Waals surface area contributed by atoms with Crippen molar-refractivity contribution < 1.29 is 14.3 Å². The molecule has 3 aromatic rings. The highest BCUT2D eigenvalue weighted by atomic mass is 35.5. The third-order valence-corrected chi connectivity index (χ3v) is 6.30. The Morgan fingerprint density at radius 1 is 1.12 bits per heavy atom. The van der Waals surface area contributed by atoms with Crippen LogP contribution in [0.4, 0.5) is 0 Å². The molecule has 0 aliphatic carbocycles. The van der Waals surface area contributed by atoms with Gasteiger partial charge in [0, 0.05) is 11.1 Å². The van der Waals surface area contributed by atoms with Gasteiger partial charge in [-0.3, -0.25) is 9.36 Å². The van der Waals surface area contributed by atoms with Crippen LogP contribution in [0, 0.1) is 6.92 Å². The van der Waals surface area contributed by atoms with Gasteiger partial charge in [0.2, 0.25) is 5.91 Å². The van der Waals surface area contributed by atoms with E-state index in [9.17, 15) is 4.79 Å². The van der Waals surface area contributed by atoms with Crippen molar-refractivity contribution in [2.24, 2.45) is 0 Å². The molecule has 0 saturated heterocycles. The van der Waals surface area contributed by atoms with Crippen LogP contribution in [0.15, 0.2) is 47.6 Å². The summed E-state index contributed by atoms with van der Waals surface area (Å²) in [5.41, 5.74) is 1.79. The number of benzene rings is 2. The van der Waals surface area contributed by atoms with Gasteiger partial charge in [-0.25, -0.2) is 0 Å². The Bertz CT molecular complexity index is 1070. The Kier molecular flexibility index (Phi) is 9.03. The molecule has 2 aromatic carbocycles. The summed E-state index contributed by atoms with van der Waals surface area (Å²) in [6.07, 6.45) is 0.876. The number of aryl methyl sites for hydroxylation is 1. The van der Waals surface area contributed by atoms with Gasteiger partial charge in [-0.05, 0) is 69.2 Å². The van der Waals surface area contributed by atoms with E-state index in [0.29, 0.717) is 28.4 Å². The summed E-state index contributed by atoms with van der Waals surface area (Å²) < 4.78 is 13.3. The molecule has 1 atom stereocenters. The van der Waals surface area contributed by atoms with Crippen LogP contribution in [0.1, 0.15) is 38.6 Å². The topological polar surface area (TPSA) is 78.3 Å². The maximum absolute atomic E-state index is 12.3. The van der Waals surface area contributed by atoms with E-state index in [4.69, 9.17) is 21.1 Å². The van der Waals surface area contributed by atoms with Crippen LogP contribution < -0.4 is 14.8 Å². The average molecular weight is 489 g/mol. The molecule has 9 heteroatoms. The Morgan fingerprint density at radius 2 is 1.82 bits per heavy atom. The fourth-order valence-electron chi connectivity index (χ4n) is 2.96. The molecular weight excluding hydrogens is 460 g/mol. The molecule has 3 rings (SSSR count). The van der Waals surface area contributed by atoms with Crippen molar-refractivity contribution in [1.82, 2.24) is 20.1 Å². The molecule has 1 heterocycles. The normalized spacial score (nSPS) is 11.8. The lowest BCUT2D eigenvalue weighted by Crippen LogP contribution is -2.33. The second kappa shape index (κ2) is 12.0. The molecule has 0 saturated carbocycles. The lowest BCUT2D eigenvalue weighted by atomic mass is 10.2. The van der Waals surface area contributed by atoms with Crippen LogP contribution in [0.2, 0.25) is 5.02 Å². The average Bonchev–Trinajstić information content (AvgIpc) is 3.22. The summed E-state index contributed by atoms with van der Waals surface area (Å²) in [6, 6.07) is 13.3. The third kappa shape index (κ3) is 6.88. The number of carbonyl (C=O) groups is 1. The van der Waals surface area contributed by atoms with E-state index in [1.54, 1.807) is 0 Å². The van der Waals surface area contributed by atoms with E-state index in [-0.39, 0.29) is 24.3 Å². The molecule has 0 bridgehead atoms. The van der Waals surface area contributed by atoms with E-state index in [0.717, 1.165) is 23.4 Å². The molecule has 33 heavy (non-hydrogen) atoms. The number of rotatable bonds is 11. The lowest BCUT2D eigenvalue weighted by Gasteiger charge is -2.13. The summed E-state index contributed by atoms with van der Waals surface area (Å²) in [4.78, 5) is 12.3. The van der Waals surface area contributed by atoms with Crippen molar-refractivity contribution >= 4 is 29.3 Å². The number of ether oxygens (including phenoxy) is 2. The monoisotopic (exact) mass is 488 g/mol. The van der Waals surface area contributed by atoms with Gasteiger partial charge in [0.1, 0.15) is 18.1 Å². The first kappa shape index (κ1) is 24.9. The van der Waals surface area contributed by atoms with Crippen LogP contribution in [0.25, 0.3) is 5.69 Å². The van der Waals surface area contributed by atoms with Gasteiger partial charge < -0.3 is 14.8 Å². The van der Waals surface area contributed by atoms with E-state index in [1.165, 1.54) is 11.8 Å². The minimum atomic E-state index is -0.0435. The van der Waals surface area contributed by atoms with Crippen molar-refractivity contribution in [3.05, 3.63) is 58.9 Å². The maximum atomic E-state index is 12.3. The maximum Gasteiger partial charge on any atom is 0.230 e. The highest BCUT2D eigenvalue weighted by molar-refractivity contribution is 7.99. The molecular formula is C24H29ClN4O3S. The summed E-state index contributed by atoms with van der Waals surface area (Å²) in [5, 5.41) is 12.9. The Hall–Kier alpha value is -2.71. The zero-order chi connectivity index (χ0) is 23.8. The molecule has 176 valence electrons. The predicted octanol–water partition coefficient (Wildman–Crippen LogP) is 5.21. The van der Waals surface area contributed by atoms with Crippen LogP contribution in [-0.2, 0) is 11.4 Å². The number of carbonyl (C=O) groups excluding carboxylic acids is 1. The van der Waals surface area contributed by atoms with Crippen molar-refractivity contribution in [2.45, 2.75) is 51.9 Å². The van der Waals surface area contributed by atoms with E-state index in [1.807, 2.05) is 74.7 Å². The van der Waals surface area contributed by atoms with Gasteiger partial charge in [-0.2, -0.15) is 0 Å². The quantitative estimate of drug-likeness (QED) is 0.373. The Labute approximate surface area is 203 Å². The van der Waals surface area contributed by atoms with E-state index < -0.39 is 0 Å². The van der Waals surface area contributed by atoms with Gasteiger partial charge in [0.15, 0.2) is 11.0 Å². The van der Waals surface area contributed by atoms with E-state index >= 15 is 0 Å². The van der Waals surface area contributed by atoms with Gasteiger partial charge in [-0.15, -0.1) is 10.2 Å². The third-order valence-electron chi connectivity index (χ3n) is 4.97. The minimum Gasteiger partial charge on any atom is -0.494 e. The Balaban J connectivity index is 1.80. The largest absolute Gasteiger partial charge is 0.494 e. The SMILES string of the molecule is CCOc1ccc(OCc2nnc(SCC(=O)NC(C)CC)n2-c2ccc(C)c(Cl)c2)cc1. The molecule has 1 N–H and O–H groups in total. The molecule has 1 aromatic heterocycles.